The lowest BCUT2D eigenvalue weighted by Gasteiger charge is -2.35. The molecule has 1 aliphatic carbocycles. The van der Waals surface area contributed by atoms with Crippen molar-refractivity contribution in [2.45, 2.75) is 58.9 Å². The number of hydrogen-bond donors (Lipinski definition) is 1. The van der Waals surface area contributed by atoms with Gasteiger partial charge in [0.1, 0.15) is 0 Å². The topological polar surface area (TPSA) is 32.3 Å². The van der Waals surface area contributed by atoms with Gasteiger partial charge in [0.2, 0.25) is 0 Å². The molecular weight excluding hydrogens is 272 g/mol. The van der Waals surface area contributed by atoms with E-state index >= 15 is 0 Å². The number of benzene rings is 1. The van der Waals surface area contributed by atoms with Crippen molar-refractivity contribution >= 4 is 5.91 Å². The summed E-state index contributed by atoms with van der Waals surface area (Å²) in [7, 11) is 0. The van der Waals surface area contributed by atoms with Crippen molar-refractivity contribution in [1.82, 2.24) is 10.2 Å². The highest BCUT2D eigenvalue weighted by Crippen LogP contribution is 2.26. The third-order valence-corrected chi connectivity index (χ3v) is 4.55. The molecule has 1 N–H and O–H groups in total. The van der Waals surface area contributed by atoms with Crippen molar-refractivity contribution in [2.75, 3.05) is 19.6 Å². The van der Waals surface area contributed by atoms with Crippen molar-refractivity contribution in [2.24, 2.45) is 0 Å². The first-order valence-electron chi connectivity index (χ1n) is 8.83. The average molecular weight is 302 g/mol. The summed E-state index contributed by atoms with van der Waals surface area (Å²) in [5.74, 6) is 0.0476. The minimum Gasteiger partial charge on any atom is -0.352 e. The second kappa shape index (κ2) is 8.33. The lowest BCUT2D eigenvalue weighted by atomic mass is 9.86. The molecule has 0 bridgehead atoms. The Morgan fingerprint density at radius 1 is 1.18 bits per heavy atom. The summed E-state index contributed by atoms with van der Waals surface area (Å²) in [6.07, 6.45) is 5.89. The maximum Gasteiger partial charge on any atom is 0.251 e. The maximum absolute atomic E-state index is 12.0. The van der Waals surface area contributed by atoms with Crippen LogP contribution in [0.1, 0.15) is 61.5 Å². The lowest BCUT2D eigenvalue weighted by Crippen LogP contribution is -2.40. The Bertz CT molecular complexity index is 492. The molecule has 1 aliphatic rings. The van der Waals surface area contributed by atoms with Crippen LogP contribution in [-0.2, 0) is 12.8 Å². The van der Waals surface area contributed by atoms with E-state index in [1.807, 2.05) is 13.0 Å². The Labute approximate surface area is 135 Å². The second-order valence-corrected chi connectivity index (χ2v) is 6.28. The number of fused-ring (bicyclic) bond motifs is 1. The van der Waals surface area contributed by atoms with Crippen molar-refractivity contribution in [3.05, 3.63) is 34.9 Å². The zero-order valence-electron chi connectivity index (χ0n) is 14.3. The molecule has 1 amide bonds. The molecule has 0 saturated carbocycles. The summed E-state index contributed by atoms with van der Waals surface area (Å²) >= 11 is 0. The fourth-order valence-electron chi connectivity index (χ4n) is 3.50. The Balaban J connectivity index is 2.13. The molecule has 3 heteroatoms. The highest BCUT2D eigenvalue weighted by atomic mass is 16.1. The van der Waals surface area contributed by atoms with Gasteiger partial charge in [-0.25, -0.2) is 0 Å². The first-order chi connectivity index (χ1) is 10.7. The van der Waals surface area contributed by atoms with Gasteiger partial charge in [-0.2, -0.15) is 0 Å². The molecule has 1 atom stereocenters. The number of aryl methyl sites for hydroxylation is 1. The van der Waals surface area contributed by atoms with Gasteiger partial charge < -0.3 is 10.2 Å². The van der Waals surface area contributed by atoms with Crippen molar-refractivity contribution in [3.63, 3.8) is 0 Å². The van der Waals surface area contributed by atoms with E-state index in [1.165, 1.54) is 43.5 Å². The van der Waals surface area contributed by atoms with Gasteiger partial charge in [-0.3, -0.25) is 4.79 Å². The molecule has 22 heavy (non-hydrogen) atoms. The minimum absolute atomic E-state index is 0.0476. The van der Waals surface area contributed by atoms with Crippen LogP contribution < -0.4 is 5.32 Å². The van der Waals surface area contributed by atoms with Crippen LogP contribution in [-0.4, -0.2) is 36.5 Å². The number of amides is 1. The van der Waals surface area contributed by atoms with Crippen molar-refractivity contribution in [1.29, 1.82) is 0 Å². The van der Waals surface area contributed by atoms with Crippen LogP contribution in [0.2, 0.25) is 0 Å². The van der Waals surface area contributed by atoms with E-state index in [9.17, 15) is 4.79 Å². The van der Waals surface area contributed by atoms with E-state index in [0.29, 0.717) is 12.6 Å². The second-order valence-electron chi connectivity index (χ2n) is 6.28. The summed E-state index contributed by atoms with van der Waals surface area (Å²) in [4.78, 5) is 14.7. The number of rotatable bonds is 7. The maximum atomic E-state index is 12.0. The smallest absolute Gasteiger partial charge is 0.251 e. The summed E-state index contributed by atoms with van der Waals surface area (Å²) < 4.78 is 0. The zero-order valence-corrected chi connectivity index (χ0v) is 14.3. The Hall–Kier alpha value is -1.35. The molecule has 0 aromatic heterocycles. The largest absolute Gasteiger partial charge is 0.352 e. The predicted molar refractivity (Wildman–Crippen MR) is 92.4 cm³/mol. The Morgan fingerprint density at radius 2 is 1.91 bits per heavy atom. The van der Waals surface area contributed by atoms with Crippen LogP contribution in [0.3, 0.4) is 0 Å². The molecule has 3 nitrogen and oxygen atoms in total. The molecule has 0 fully saturated rings. The van der Waals surface area contributed by atoms with Crippen LogP contribution in [0.4, 0.5) is 0 Å². The first-order valence-corrected chi connectivity index (χ1v) is 8.83. The van der Waals surface area contributed by atoms with Crippen LogP contribution in [0, 0.1) is 0 Å². The fourth-order valence-corrected chi connectivity index (χ4v) is 3.50. The van der Waals surface area contributed by atoms with Gasteiger partial charge in [-0.15, -0.1) is 0 Å². The van der Waals surface area contributed by atoms with Gasteiger partial charge in [0.25, 0.3) is 5.91 Å². The molecule has 0 heterocycles. The summed E-state index contributed by atoms with van der Waals surface area (Å²) in [6, 6.07) is 6.87. The van der Waals surface area contributed by atoms with Gasteiger partial charge in [0.05, 0.1) is 0 Å². The van der Waals surface area contributed by atoms with Crippen LogP contribution in [0.15, 0.2) is 18.2 Å². The third kappa shape index (κ3) is 4.10. The van der Waals surface area contributed by atoms with E-state index in [0.717, 1.165) is 18.4 Å². The van der Waals surface area contributed by atoms with Gasteiger partial charge in [0, 0.05) is 18.2 Å². The zero-order chi connectivity index (χ0) is 15.9. The molecule has 0 aliphatic heterocycles. The van der Waals surface area contributed by atoms with Gasteiger partial charge in [-0.1, -0.05) is 19.9 Å². The van der Waals surface area contributed by atoms with Gasteiger partial charge in [0.15, 0.2) is 0 Å². The quantitative estimate of drug-likeness (QED) is 0.837. The number of nitrogens with one attached hydrogen (secondary N) is 1. The molecule has 0 saturated heterocycles. The van der Waals surface area contributed by atoms with E-state index in [1.54, 1.807) is 0 Å². The SMILES string of the molecule is CCCN(CCC)C1CCc2ccc(C(=O)NCC)cc2C1. The first kappa shape index (κ1) is 17.0. The molecule has 122 valence electrons. The van der Waals surface area contributed by atoms with Gasteiger partial charge >= 0.3 is 0 Å². The molecular formula is C19H30N2O. The van der Waals surface area contributed by atoms with Crippen LogP contribution >= 0.6 is 0 Å². The summed E-state index contributed by atoms with van der Waals surface area (Å²) in [5.41, 5.74) is 3.60. The predicted octanol–water partition coefficient (Wildman–Crippen LogP) is 3.42. The molecule has 1 unspecified atom stereocenters. The van der Waals surface area contributed by atoms with Crippen molar-refractivity contribution < 1.29 is 4.79 Å². The van der Waals surface area contributed by atoms with Crippen LogP contribution in [0.25, 0.3) is 0 Å². The number of carbonyl (C=O) groups excluding carboxylic acids is 1. The monoisotopic (exact) mass is 302 g/mol. The normalized spacial score (nSPS) is 17.4. The van der Waals surface area contributed by atoms with E-state index in [2.05, 4.69) is 36.2 Å². The Kier molecular flexibility index (Phi) is 6.44. The van der Waals surface area contributed by atoms with Crippen LogP contribution in [0.5, 0.6) is 0 Å². The minimum atomic E-state index is 0.0476. The molecule has 1 aromatic carbocycles. The highest BCUT2D eigenvalue weighted by Gasteiger charge is 2.24. The summed E-state index contributed by atoms with van der Waals surface area (Å²) in [5, 5.41) is 2.89. The molecule has 2 rings (SSSR count). The molecule has 1 aromatic rings. The van der Waals surface area contributed by atoms with E-state index < -0.39 is 0 Å². The van der Waals surface area contributed by atoms with E-state index in [4.69, 9.17) is 0 Å². The number of nitrogens with zero attached hydrogens (tertiary/aromatic N) is 1. The number of hydrogen-bond acceptors (Lipinski definition) is 2. The third-order valence-electron chi connectivity index (χ3n) is 4.55. The summed E-state index contributed by atoms with van der Waals surface area (Å²) in [6.45, 7) is 9.52. The number of carbonyl (C=O) groups is 1. The van der Waals surface area contributed by atoms with E-state index in [-0.39, 0.29) is 5.91 Å². The molecule has 0 spiro atoms. The lowest BCUT2D eigenvalue weighted by molar-refractivity contribution is 0.0955. The fraction of sp³-hybridized carbons (Fsp3) is 0.632. The molecule has 0 radical (unpaired) electrons. The van der Waals surface area contributed by atoms with Crippen molar-refractivity contribution in [3.8, 4) is 0 Å². The van der Waals surface area contributed by atoms with Gasteiger partial charge in [-0.05, 0) is 75.4 Å². The Morgan fingerprint density at radius 3 is 2.55 bits per heavy atom. The standard InChI is InChI=1S/C19H30N2O/c1-4-11-21(12-5-2)18-10-9-15-7-8-16(13-17(15)14-18)19(22)20-6-3/h7-8,13,18H,4-6,9-12,14H2,1-3H3,(H,20,22). The average Bonchev–Trinajstić information content (AvgIpc) is 2.54. The highest BCUT2D eigenvalue weighted by molar-refractivity contribution is 5.94.